The maximum absolute atomic E-state index is 5.48. The Hall–Kier alpha value is -1.02. The summed E-state index contributed by atoms with van der Waals surface area (Å²) in [5.74, 6) is 0.980. The summed E-state index contributed by atoms with van der Waals surface area (Å²) >= 11 is 0. The molecule has 1 aromatic carbocycles. The van der Waals surface area contributed by atoms with E-state index in [0.29, 0.717) is 6.54 Å². The molecule has 1 rings (SSSR count). The first-order chi connectivity index (χ1) is 6.31. The van der Waals surface area contributed by atoms with Crippen LogP contribution in [0.5, 0.6) is 5.75 Å². The topological polar surface area (TPSA) is 35.2 Å². The van der Waals surface area contributed by atoms with E-state index in [1.165, 1.54) is 11.1 Å². The summed E-state index contributed by atoms with van der Waals surface area (Å²) in [5, 5.41) is 0. The second kappa shape index (κ2) is 4.87. The van der Waals surface area contributed by atoms with Crippen molar-refractivity contribution in [2.75, 3.05) is 13.7 Å². The smallest absolute Gasteiger partial charge is 0.122 e. The second-order valence-electron chi connectivity index (χ2n) is 3.04. The Morgan fingerprint density at radius 2 is 2.15 bits per heavy atom. The van der Waals surface area contributed by atoms with Crippen molar-refractivity contribution in [2.24, 2.45) is 5.73 Å². The van der Waals surface area contributed by atoms with Crippen molar-refractivity contribution in [3.05, 3.63) is 29.3 Å². The van der Waals surface area contributed by atoms with Crippen LogP contribution in [0.2, 0.25) is 0 Å². The summed E-state index contributed by atoms with van der Waals surface area (Å²) in [6.07, 6.45) is 1.92. The molecule has 13 heavy (non-hydrogen) atoms. The van der Waals surface area contributed by atoms with Gasteiger partial charge in [0.05, 0.1) is 7.11 Å². The van der Waals surface area contributed by atoms with E-state index in [2.05, 4.69) is 25.1 Å². The molecule has 0 aromatic heterocycles. The van der Waals surface area contributed by atoms with Crippen LogP contribution in [-0.2, 0) is 12.8 Å². The zero-order valence-electron chi connectivity index (χ0n) is 8.34. The third kappa shape index (κ3) is 2.46. The van der Waals surface area contributed by atoms with E-state index in [0.717, 1.165) is 18.6 Å². The number of aryl methyl sites for hydroxylation is 1. The Labute approximate surface area is 79.7 Å². The summed E-state index contributed by atoms with van der Waals surface area (Å²) in [6.45, 7) is 2.81. The summed E-state index contributed by atoms with van der Waals surface area (Å²) in [4.78, 5) is 0. The van der Waals surface area contributed by atoms with Gasteiger partial charge in [0.1, 0.15) is 5.75 Å². The lowest BCUT2D eigenvalue weighted by Gasteiger charge is -2.08. The maximum Gasteiger partial charge on any atom is 0.122 e. The van der Waals surface area contributed by atoms with Gasteiger partial charge >= 0.3 is 0 Å². The van der Waals surface area contributed by atoms with Crippen LogP contribution in [-0.4, -0.2) is 13.7 Å². The molecular weight excluding hydrogens is 162 g/mol. The molecule has 0 heterocycles. The van der Waals surface area contributed by atoms with Crippen molar-refractivity contribution < 1.29 is 4.74 Å². The first-order valence-corrected chi connectivity index (χ1v) is 4.67. The molecule has 0 unspecified atom stereocenters. The zero-order valence-corrected chi connectivity index (χ0v) is 8.34. The highest BCUT2D eigenvalue weighted by molar-refractivity contribution is 5.37. The van der Waals surface area contributed by atoms with Crippen molar-refractivity contribution in [1.82, 2.24) is 0 Å². The van der Waals surface area contributed by atoms with Gasteiger partial charge in [0.25, 0.3) is 0 Å². The van der Waals surface area contributed by atoms with Gasteiger partial charge in [-0.15, -0.1) is 0 Å². The molecule has 0 bridgehead atoms. The van der Waals surface area contributed by atoms with Gasteiger partial charge in [-0.25, -0.2) is 0 Å². The monoisotopic (exact) mass is 179 g/mol. The Morgan fingerprint density at radius 1 is 1.38 bits per heavy atom. The number of rotatable bonds is 4. The number of benzene rings is 1. The average molecular weight is 179 g/mol. The Balaban J connectivity index is 2.91. The van der Waals surface area contributed by atoms with E-state index >= 15 is 0 Å². The molecule has 0 aliphatic rings. The molecule has 0 saturated heterocycles. The highest BCUT2D eigenvalue weighted by Crippen LogP contribution is 2.20. The lowest BCUT2D eigenvalue weighted by atomic mass is 10.1. The minimum Gasteiger partial charge on any atom is -0.496 e. The highest BCUT2D eigenvalue weighted by atomic mass is 16.5. The van der Waals surface area contributed by atoms with Crippen LogP contribution in [0, 0.1) is 0 Å². The van der Waals surface area contributed by atoms with Crippen molar-refractivity contribution in [3.8, 4) is 5.75 Å². The van der Waals surface area contributed by atoms with Crippen LogP contribution in [0.4, 0.5) is 0 Å². The zero-order chi connectivity index (χ0) is 9.68. The highest BCUT2D eigenvalue weighted by Gasteiger charge is 2.01. The lowest BCUT2D eigenvalue weighted by molar-refractivity contribution is 0.409. The van der Waals surface area contributed by atoms with Crippen LogP contribution in [0.3, 0.4) is 0 Å². The molecule has 0 aliphatic carbocycles. The number of hydrogen-bond donors (Lipinski definition) is 1. The molecule has 2 N–H and O–H groups in total. The molecule has 0 spiro atoms. The molecule has 1 aromatic rings. The van der Waals surface area contributed by atoms with Gasteiger partial charge in [-0.2, -0.15) is 0 Å². The van der Waals surface area contributed by atoms with Crippen LogP contribution in [0.25, 0.3) is 0 Å². The van der Waals surface area contributed by atoms with E-state index in [-0.39, 0.29) is 0 Å². The van der Waals surface area contributed by atoms with Crippen LogP contribution in [0.15, 0.2) is 18.2 Å². The quantitative estimate of drug-likeness (QED) is 0.764. The van der Waals surface area contributed by atoms with E-state index in [4.69, 9.17) is 10.5 Å². The Bertz CT molecular complexity index is 271. The van der Waals surface area contributed by atoms with Crippen LogP contribution in [0.1, 0.15) is 18.1 Å². The molecule has 0 amide bonds. The first kappa shape index (κ1) is 10.1. The fraction of sp³-hybridized carbons (Fsp3) is 0.455. The normalized spacial score (nSPS) is 10.1. The van der Waals surface area contributed by atoms with E-state index in [1.807, 2.05) is 0 Å². The molecular formula is C11H17NO. The summed E-state index contributed by atoms with van der Waals surface area (Å²) < 4.78 is 5.28. The number of ether oxygens (including phenoxy) is 1. The Morgan fingerprint density at radius 3 is 2.69 bits per heavy atom. The molecule has 2 nitrogen and oxygen atoms in total. The largest absolute Gasteiger partial charge is 0.496 e. The van der Waals surface area contributed by atoms with Gasteiger partial charge in [0, 0.05) is 0 Å². The fourth-order valence-electron chi connectivity index (χ4n) is 1.40. The number of nitrogens with two attached hydrogens (primary N) is 1. The minimum atomic E-state index is 0.689. The van der Waals surface area contributed by atoms with Crippen LogP contribution >= 0.6 is 0 Å². The molecule has 0 aliphatic heterocycles. The van der Waals surface area contributed by atoms with E-state index < -0.39 is 0 Å². The SMILES string of the molecule is CCc1ccc(CCN)cc1OC. The summed E-state index contributed by atoms with van der Waals surface area (Å²) in [5.41, 5.74) is 7.98. The van der Waals surface area contributed by atoms with E-state index in [9.17, 15) is 0 Å². The van der Waals surface area contributed by atoms with Crippen molar-refractivity contribution in [1.29, 1.82) is 0 Å². The van der Waals surface area contributed by atoms with E-state index in [1.54, 1.807) is 7.11 Å². The maximum atomic E-state index is 5.48. The van der Waals surface area contributed by atoms with Gasteiger partial charge in [-0.1, -0.05) is 19.1 Å². The third-order valence-corrected chi connectivity index (χ3v) is 2.17. The average Bonchev–Trinajstić information content (AvgIpc) is 2.18. The summed E-state index contributed by atoms with van der Waals surface area (Å²) in [6, 6.07) is 6.31. The molecule has 72 valence electrons. The van der Waals surface area contributed by atoms with Gasteiger partial charge in [0.2, 0.25) is 0 Å². The first-order valence-electron chi connectivity index (χ1n) is 4.67. The minimum absolute atomic E-state index is 0.689. The van der Waals surface area contributed by atoms with Gasteiger partial charge in [-0.05, 0) is 36.6 Å². The lowest BCUT2D eigenvalue weighted by Crippen LogP contribution is -2.03. The molecule has 0 atom stereocenters. The fourth-order valence-corrected chi connectivity index (χ4v) is 1.40. The molecule has 0 radical (unpaired) electrons. The van der Waals surface area contributed by atoms with Gasteiger partial charge in [0.15, 0.2) is 0 Å². The standard InChI is InChI=1S/C11H17NO/c1-3-10-5-4-9(6-7-12)8-11(10)13-2/h4-5,8H,3,6-7,12H2,1-2H3. The number of methoxy groups -OCH3 is 1. The van der Waals surface area contributed by atoms with Crippen LogP contribution < -0.4 is 10.5 Å². The van der Waals surface area contributed by atoms with Crippen molar-refractivity contribution >= 4 is 0 Å². The van der Waals surface area contributed by atoms with Crippen molar-refractivity contribution in [2.45, 2.75) is 19.8 Å². The third-order valence-electron chi connectivity index (χ3n) is 2.17. The molecule has 0 saturated carbocycles. The summed E-state index contributed by atoms with van der Waals surface area (Å²) in [7, 11) is 1.71. The molecule has 2 heteroatoms. The predicted octanol–water partition coefficient (Wildman–Crippen LogP) is 1.76. The van der Waals surface area contributed by atoms with Crippen molar-refractivity contribution in [3.63, 3.8) is 0 Å². The molecule has 0 fully saturated rings. The number of hydrogen-bond acceptors (Lipinski definition) is 2. The van der Waals surface area contributed by atoms with Gasteiger partial charge in [-0.3, -0.25) is 0 Å². The van der Waals surface area contributed by atoms with Gasteiger partial charge < -0.3 is 10.5 Å². The Kier molecular flexibility index (Phi) is 3.77. The predicted molar refractivity (Wildman–Crippen MR) is 55.1 cm³/mol. The second-order valence-corrected chi connectivity index (χ2v) is 3.04.